The minimum atomic E-state index is -1.54. The van der Waals surface area contributed by atoms with E-state index in [0.717, 1.165) is 0 Å². The van der Waals surface area contributed by atoms with Crippen molar-refractivity contribution < 1.29 is 9.90 Å². The van der Waals surface area contributed by atoms with Crippen molar-refractivity contribution in [1.29, 1.82) is 0 Å². The number of hydrogen-bond acceptors (Lipinski definition) is 3. The fraction of sp³-hybridized carbons (Fsp3) is 0.571. The molecular formula is C7H12N2O2. The lowest BCUT2D eigenvalue weighted by atomic mass is 9.96. The third-order valence-electron chi connectivity index (χ3n) is 1.41. The van der Waals surface area contributed by atoms with Gasteiger partial charge in [-0.1, -0.05) is 5.92 Å². The molecule has 4 heteroatoms. The molecule has 1 atom stereocenters. The largest absolute Gasteiger partial charge is 0.479 e. The van der Waals surface area contributed by atoms with Gasteiger partial charge >= 0.3 is 5.97 Å². The molecule has 0 unspecified atom stereocenters. The van der Waals surface area contributed by atoms with Crippen molar-refractivity contribution in [2.45, 2.75) is 18.4 Å². The van der Waals surface area contributed by atoms with E-state index in [1.54, 1.807) is 0 Å². The molecule has 62 valence electrons. The fourth-order valence-electron chi connectivity index (χ4n) is 0.622. The standard InChI is InChI=1S/C7H12N2O2/c1-2-7(9,6(10)11)4-3-5-8/h1H,3-5,8-9H2,(H,10,11)/t7-/m1/s1. The van der Waals surface area contributed by atoms with E-state index in [2.05, 4.69) is 0 Å². The van der Waals surface area contributed by atoms with Gasteiger partial charge in [-0.2, -0.15) is 0 Å². The lowest BCUT2D eigenvalue weighted by molar-refractivity contribution is -0.141. The van der Waals surface area contributed by atoms with Gasteiger partial charge < -0.3 is 16.6 Å². The van der Waals surface area contributed by atoms with E-state index >= 15 is 0 Å². The molecule has 5 N–H and O–H groups in total. The highest BCUT2D eigenvalue weighted by Crippen LogP contribution is 2.07. The average Bonchev–Trinajstić information content (AvgIpc) is 2.00. The van der Waals surface area contributed by atoms with Crippen molar-refractivity contribution in [3.8, 4) is 12.3 Å². The van der Waals surface area contributed by atoms with Gasteiger partial charge in [-0.05, 0) is 19.4 Å². The Bertz CT molecular complexity index is 185. The molecule has 0 aliphatic carbocycles. The zero-order chi connectivity index (χ0) is 8.91. The lowest BCUT2D eigenvalue weighted by Crippen LogP contribution is -2.46. The summed E-state index contributed by atoms with van der Waals surface area (Å²) in [6.07, 6.45) is 5.69. The first kappa shape index (κ1) is 9.95. The Morgan fingerprint density at radius 3 is 2.55 bits per heavy atom. The second-order valence-corrected chi connectivity index (χ2v) is 2.31. The average molecular weight is 156 g/mol. The molecule has 4 nitrogen and oxygen atoms in total. The highest BCUT2D eigenvalue weighted by atomic mass is 16.4. The van der Waals surface area contributed by atoms with Crippen LogP contribution in [-0.2, 0) is 4.79 Å². The Morgan fingerprint density at radius 1 is 1.73 bits per heavy atom. The van der Waals surface area contributed by atoms with Gasteiger partial charge in [-0.15, -0.1) is 6.42 Å². The summed E-state index contributed by atoms with van der Waals surface area (Å²) in [6.45, 7) is 0.397. The lowest BCUT2D eigenvalue weighted by Gasteiger charge is -2.16. The van der Waals surface area contributed by atoms with Gasteiger partial charge in [0.15, 0.2) is 5.54 Å². The number of aliphatic carboxylic acids is 1. The van der Waals surface area contributed by atoms with Crippen LogP contribution in [0, 0.1) is 12.3 Å². The van der Waals surface area contributed by atoms with Gasteiger partial charge in [0.05, 0.1) is 0 Å². The highest BCUT2D eigenvalue weighted by Gasteiger charge is 2.30. The third-order valence-corrected chi connectivity index (χ3v) is 1.41. The summed E-state index contributed by atoms with van der Waals surface area (Å²) in [7, 11) is 0. The summed E-state index contributed by atoms with van der Waals surface area (Å²) in [5.41, 5.74) is 8.97. The van der Waals surface area contributed by atoms with Crippen molar-refractivity contribution in [2.24, 2.45) is 11.5 Å². The van der Waals surface area contributed by atoms with E-state index < -0.39 is 11.5 Å². The number of carboxylic acids is 1. The zero-order valence-corrected chi connectivity index (χ0v) is 6.21. The molecule has 0 rings (SSSR count). The van der Waals surface area contributed by atoms with Gasteiger partial charge in [-0.25, -0.2) is 4.79 Å². The molecule has 0 aromatic heterocycles. The normalized spacial score (nSPS) is 15.0. The minimum Gasteiger partial charge on any atom is -0.479 e. The first-order valence-corrected chi connectivity index (χ1v) is 3.27. The summed E-state index contributed by atoms with van der Waals surface area (Å²) >= 11 is 0. The first-order valence-electron chi connectivity index (χ1n) is 3.27. The summed E-state index contributed by atoms with van der Waals surface area (Å²) < 4.78 is 0. The van der Waals surface area contributed by atoms with Crippen molar-refractivity contribution in [1.82, 2.24) is 0 Å². The summed E-state index contributed by atoms with van der Waals surface area (Å²) in [5.74, 6) is 0.863. The molecule has 0 radical (unpaired) electrons. The maximum Gasteiger partial charge on any atom is 0.336 e. The van der Waals surface area contributed by atoms with Gasteiger partial charge in [0.1, 0.15) is 0 Å². The van der Waals surface area contributed by atoms with Crippen molar-refractivity contribution in [3.05, 3.63) is 0 Å². The number of carbonyl (C=O) groups is 1. The summed E-state index contributed by atoms with van der Waals surface area (Å²) in [4.78, 5) is 10.4. The Balaban J connectivity index is 4.14. The second kappa shape index (κ2) is 3.96. The molecule has 0 aliphatic rings. The van der Waals surface area contributed by atoms with Crippen LogP contribution in [0.25, 0.3) is 0 Å². The smallest absolute Gasteiger partial charge is 0.336 e. The van der Waals surface area contributed by atoms with Crippen molar-refractivity contribution >= 4 is 5.97 Å². The molecule has 0 aromatic rings. The molecule has 0 aliphatic heterocycles. The Kier molecular flexibility index (Phi) is 3.58. The van der Waals surface area contributed by atoms with Gasteiger partial charge in [0.2, 0.25) is 0 Å². The van der Waals surface area contributed by atoms with Crippen LogP contribution in [0.4, 0.5) is 0 Å². The van der Waals surface area contributed by atoms with Crippen LogP contribution in [0.3, 0.4) is 0 Å². The summed E-state index contributed by atoms with van der Waals surface area (Å²) in [6, 6.07) is 0. The number of rotatable bonds is 4. The first-order chi connectivity index (χ1) is 5.06. The molecule has 0 spiro atoms. The van der Waals surface area contributed by atoms with Gasteiger partial charge in [0, 0.05) is 0 Å². The van der Waals surface area contributed by atoms with E-state index in [4.69, 9.17) is 23.0 Å². The fourth-order valence-corrected chi connectivity index (χ4v) is 0.622. The van der Waals surface area contributed by atoms with E-state index in [1.165, 1.54) is 0 Å². The monoisotopic (exact) mass is 156 g/mol. The predicted molar refractivity (Wildman–Crippen MR) is 41.7 cm³/mol. The molecule has 11 heavy (non-hydrogen) atoms. The quantitative estimate of drug-likeness (QED) is 0.462. The molecule has 0 fully saturated rings. The number of terminal acetylenes is 1. The van der Waals surface area contributed by atoms with Gasteiger partial charge in [0.25, 0.3) is 0 Å². The maximum atomic E-state index is 10.4. The van der Waals surface area contributed by atoms with Crippen LogP contribution in [0.1, 0.15) is 12.8 Å². The van der Waals surface area contributed by atoms with E-state index in [1.807, 2.05) is 5.92 Å². The topological polar surface area (TPSA) is 89.3 Å². The SMILES string of the molecule is C#C[C@@](N)(CCCN)C(=O)O. The van der Waals surface area contributed by atoms with Gasteiger partial charge in [-0.3, -0.25) is 0 Å². The number of hydrogen-bond donors (Lipinski definition) is 3. The van der Waals surface area contributed by atoms with Crippen LogP contribution in [0.5, 0.6) is 0 Å². The van der Waals surface area contributed by atoms with E-state index in [9.17, 15) is 4.79 Å². The minimum absolute atomic E-state index is 0.218. The van der Waals surface area contributed by atoms with Crippen LogP contribution < -0.4 is 11.5 Å². The molecule has 0 saturated carbocycles. The van der Waals surface area contributed by atoms with E-state index in [-0.39, 0.29) is 6.42 Å². The molecule has 0 heterocycles. The van der Waals surface area contributed by atoms with Crippen LogP contribution in [0.2, 0.25) is 0 Å². The maximum absolute atomic E-state index is 10.4. The molecule has 0 saturated heterocycles. The van der Waals surface area contributed by atoms with Crippen LogP contribution in [0.15, 0.2) is 0 Å². The molecule has 0 amide bonds. The highest BCUT2D eigenvalue weighted by molar-refractivity contribution is 5.82. The summed E-state index contributed by atoms with van der Waals surface area (Å²) in [5, 5.41) is 8.55. The number of carboxylic acid groups (broad SMARTS) is 1. The predicted octanol–water partition coefficient (Wildman–Crippen LogP) is -0.859. The third kappa shape index (κ3) is 2.58. The van der Waals surface area contributed by atoms with Crippen LogP contribution >= 0.6 is 0 Å². The second-order valence-electron chi connectivity index (χ2n) is 2.31. The van der Waals surface area contributed by atoms with Crippen molar-refractivity contribution in [2.75, 3.05) is 6.54 Å². The Hall–Kier alpha value is -1.05. The molecule has 0 bridgehead atoms. The Morgan fingerprint density at radius 2 is 2.27 bits per heavy atom. The molecule has 0 aromatic carbocycles. The van der Waals surface area contributed by atoms with Crippen LogP contribution in [-0.4, -0.2) is 23.2 Å². The Labute approximate surface area is 65.6 Å². The van der Waals surface area contributed by atoms with Crippen molar-refractivity contribution in [3.63, 3.8) is 0 Å². The zero-order valence-electron chi connectivity index (χ0n) is 6.21. The molecular weight excluding hydrogens is 144 g/mol. The van der Waals surface area contributed by atoms with E-state index in [0.29, 0.717) is 13.0 Å². The number of nitrogens with two attached hydrogens (primary N) is 2.